The fourth-order valence-corrected chi connectivity index (χ4v) is 9.22. The van der Waals surface area contributed by atoms with Crippen LogP contribution in [0.4, 0.5) is 11.4 Å². The predicted molar refractivity (Wildman–Crippen MR) is 207 cm³/mol. The molecule has 4 aromatic carbocycles. The molecule has 4 nitrogen and oxygen atoms in total. The van der Waals surface area contributed by atoms with Crippen LogP contribution in [0.2, 0.25) is 0 Å². The molecule has 0 bridgehead atoms. The van der Waals surface area contributed by atoms with Crippen LogP contribution >= 0.6 is 24.0 Å². The van der Waals surface area contributed by atoms with E-state index < -0.39 is 0 Å². The van der Waals surface area contributed by atoms with Crippen LogP contribution in [-0.4, -0.2) is 57.7 Å². The maximum Gasteiger partial charge on any atom is 0.141 e. The lowest BCUT2D eigenvalue weighted by Crippen LogP contribution is -2.47. The van der Waals surface area contributed by atoms with E-state index in [4.69, 9.17) is 11.6 Å². The molecule has 3 unspecified atom stereocenters. The first-order chi connectivity index (χ1) is 22.7. The fraction of sp³-hybridized carbons (Fsp3) is 0.333. The molecule has 0 amide bonds. The highest BCUT2D eigenvalue weighted by Gasteiger charge is 2.47. The van der Waals surface area contributed by atoms with Gasteiger partial charge >= 0.3 is 0 Å². The van der Waals surface area contributed by atoms with E-state index in [2.05, 4.69) is 125 Å². The van der Waals surface area contributed by atoms with Crippen molar-refractivity contribution in [2.45, 2.75) is 50.0 Å². The van der Waals surface area contributed by atoms with Crippen molar-refractivity contribution in [3.8, 4) is 0 Å². The van der Waals surface area contributed by atoms with Gasteiger partial charge in [-0.15, -0.1) is 12.4 Å². The number of rotatable bonds is 7. The Morgan fingerprint density at radius 3 is 2.04 bits per heavy atom. The summed E-state index contributed by atoms with van der Waals surface area (Å²) < 4.78 is 1.41. The second-order valence-electron chi connectivity index (χ2n) is 14.4. The maximum atomic E-state index is 10.2. The van der Waals surface area contributed by atoms with Gasteiger partial charge in [0.15, 0.2) is 0 Å². The van der Waals surface area contributed by atoms with E-state index in [0.717, 1.165) is 35.2 Å². The fourth-order valence-electron chi connectivity index (χ4n) is 8.91. The average Bonchev–Trinajstić information content (AvgIpc) is 3.42. The molecule has 250 valence electrons. The van der Waals surface area contributed by atoms with Crippen LogP contribution in [0.3, 0.4) is 0 Å². The van der Waals surface area contributed by atoms with Crippen molar-refractivity contribution in [2.24, 2.45) is 0 Å². The Bertz CT molecular complexity index is 1990. The Morgan fingerprint density at radius 1 is 0.750 bits per heavy atom. The van der Waals surface area contributed by atoms with Crippen LogP contribution in [0.5, 0.6) is 0 Å². The number of aliphatic hydroxyl groups is 2. The van der Waals surface area contributed by atoms with Gasteiger partial charge in [-0.1, -0.05) is 72.3 Å². The van der Waals surface area contributed by atoms with Gasteiger partial charge in [-0.25, -0.2) is 0 Å². The largest absolute Gasteiger partial charge is 0.396 e. The van der Waals surface area contributed by atoms with E-state index in [-0.39, 0.29) is 43.5 Å². The third kappa shape index (κ3) is 5.67. The Labute approximate surface area is 296 Å². The van der Waals surface area contributed by atoms with Crippen LogP contribution < -0.4 is 8.97 Å². The lowest BCUT2D eigenvalue weighted by Gasteiger charge is -2.32. The van der Waals surface area contributed by atoms with Crippen molar-refractivity contribution in [1.82, 2.24) is 8.97 Å². The van der Waals surface area contributed by atoms with Crippen LogP contribution in [-0.2, 0) is 0 Å². The number of likely N-dealkylation sites (N-methyl/N-ethyl adjacent to an activating group) is 2. The van der Waals surface area contributed by atoms with Gasteiger partial charge < -0.3 is 10.2 Å². The molecular weight excluding hydrogens is 635 g/mol. The number of halogens is 2. The van der Waals surface area contributed by atoms with Crippen LogP contribution in [0.25, 0.3) is 21.5 Å². The molecule has 0 saturated carbocycles. The molecule has 7 rings (SSSR count). The molecule has 1 aliphatic carbocycles. The van der Waals surface area contributed by atoms with Crippen molar-refractivity contribution >= 4 is 56.9 Å². The number of nitrogens with zero attached hydrogens (tertiary/aromatic N) is 2. The van der Waals surface area contributed by atoms with E-state index in [9.17, 15) is 10.2 Å². The van der Waals surface area contributed by atoms with Crippen LogP contribution in [0.15, 0.2) is 119 Å². The minimum Gasteiger partial charge on any atom is -0.396 e. The molecule has 0 aromatic heterocycles. The third-order valence-corrected chi connectivity index (χ3v) is 11.7. The van der Waals surface area contributed by atoms with E-state index in [1.165, 1.54) is 60.9 Å². The predicted octanol–water partition coefficient (Wildman–Crippen LogP) is 9.62. The van der Waals surface area contributed by atoms with Gasteiger partial charge in [-0.05, 0) is 89.1 Å². The summed E-state index contributed by atoms with van der Waals surface area (Å²) in [7, 11) is 9.10. The lowest BCUT2D eigenvalue weighted by molar-refractivity contribution is 0.251. The Balaban J connectivity index is 0.00000401. The normalized spacial score (nSPS) is 24.5. The van der Waals surface area contributed by atoms with Crippen molar-refractivity contribution in [3.05, 3.63) is 130 Å². The summed E-state index contributed by atoms with van der Waals surface area (Å²) in [5.41, 5.74) is 8.98. The molecule has 0 saturated heterocycles. The number of hydrogen-bond donors (Lipinski definition) is 2. The van der Waals surface area contributed by atoms with E-state index >= 15 is 0 Å². The van der Waals surface area contributed by atoms with Crippen LogP contribution in [0, 0.1) is 0 Å². The van der Waals surface area contributed by atoms with E-state index in [1.54, 1.807) is 0 Å². The van der Waals surface area contributed by atoms with E-state index in [0.29, 0.717) is 10.9 Å². The molecule has 0 fully saturated rings. The molecule has 2 aliphatic heterocycles. The first-order valence-corrected chi connectivity index (χ1v) is 17.5. The number of fused-ring (bicyclic) bond motifs is 6. The van der Waals surface area contributed by atoms with Gasteiger partial charge in [0, 0.05) is 47.4 Å². The lowest BCUT2D eigenvalue weighted by atomic mass is 9.87. The minimum absolute atomic E-state index is 0. The molecule has 0 spiro atoms. The quantitative estimate of drug-likeness (QED) is 0.191. The maximum absolute atomic E-state index is 10.2. The first-order valence-electron chi connectivity index (χ1n) is 17.1. The Morgan fingerprint density at radius 2 is 1.38 bits per heavy atom. The van der Waals surface area contributed by atoms with Crippen LogP contribution in [0.1, 0.15) is 55.1 Å². The van der Waals surface area contributed by atoms with Crippen molar-refractivity contribution in [1.29, 1.82) is 0 Å². The monoisotopic (exact) mass is 682 g/mol. The molecule has 2 heterocycles. The Hall–Kier alpha value is -3.22. The van der Waals surface area contributed by atoms with Crippen molar-refractivity contribution < 1.29 is 10.2 Å². The summed E-state index contributed by atoms with van der Waals surface area (Å²) in [6, 6.07) is 26.4. The highest BCUT2D eigenvalue weighted by molar-refractivity contribution is 6.32. The van der Waals surface area contributed by atoms with Gasteiger partial charge in [-0.2, -0.15) is 0 Å². The van der Waals surface area contributed by atoms with Gasteiger partial charge in [0.2, 0.25) is 0 Å². The number of allylic oxidation sites excluding steroid dienone is 7. The number of aliphatic hydroxyl groups excluding tert-OH is 2. The van der Waals surface area contributed by atoms with Gasteiger partial charge in [0.25, 0.3) is 0 Å². The molecule has 48 heavy (non-hydrogen) atoms. The van der Waals surface area contributed by atoms with Gasteiger partial charge in [-0.3, -0.25) is 8.97 Å². The SMILES string of the molecule is C[N+]1(C)C(=CC=C2CCCC(C=CC3C(CCO)c4c(ccc5ccccc45)[N+]3(C)C)=C2Cl)C(CCO)c2c1ccc1ccccc21.Cl. The second-order valence-corrected chi connectivity index (χ2v) is 14.8. The number of quaternary nitrogens is 2. The molecule has 3 atom stereocenters. The highest BCUT2D eigenvalue weighted by atomic mass is 35.5. The smallest absolute Gasteiger partial charge is 0.141 e. The minimum atomic E-state index is 0. The summed E-state index contributed by atoms with van der Waals surface area (Å²) in [6.45, 7) is 0.304. The first kappa shape index (κ1) is 34.6. The average molecular weight is 684 g/mol. The van der Waals surface area contributed by atoms with E-state index in [1.807, 2.05) is 0 Å². The zero-order valence-corrected chi connectivity index (χ0v) is 30.1. The van der Waals surface area contributed by atoms with Gasteiger partial charge in [0.05, 0.1) is 34.1 Å². The zero-order valence-electron chi connectivity index (χ0n) is 28.5. The zero-order chi connectivity index (χ0) is 32.9. The molecular formula is C42H48Cl2N2O2+2. The number of benzene rings is 4. The van der Waals surface area contributed by atoms with Crippen molar-refractivity contribution in [2.75, 3.05) is 41.4 Å². The summed E-state index contributed by atoms with van der Waals surface area (Å²) in [6.07, 6.45) is 13.6. The molecule has 6 heteroatoms. The summed E-state index contributed by atoms with van der Waals surface area (Å²) in [5.74, 6) is 0.362. The highest BCUT2D eigenvalue weighted by Crippen LogP contribution is 2.52. The molecule has 4 aromatic rings. The number of hydrogen-bond acceptors (Lipinski definition) is 2. The topological polar surface area (TPSA) is 40.5 Å². The molecule has 3 aliphatic rings. The third-order valence-electron chi connectivity index (χ3n) is 11.3. The summed E-state index contributed by atoms with van der Waals surface area (Å²) in [4.78, 5) is 0. The standard InChI is InChI=1S/C42H47ClN2O2.ClH/c1-44(2)36(34(24-26-46)40-32-14-7-5-10-28(32)16-22-38(40)44)20-18-30-12-9-13-31(42(30)43)19-21-37-35(25-27-47)41-33-15-8-6-11-29(33)17-23-39(41)45(37,3)4;/h5-8,10-11,14-23,34-36,46-47H,9,12-13,24-27H2,1-4H3;1H/q+2;. The summed E-state index contributed by atoms with van der Waals surface area (Å²) >= 11 is 7.23. The second kappa shape index (κ2) is 13.6. The summed E-state index contributed by atoms with van der Waals surface area (Å²) in [5, 5.41) is 26.2. The van der Waals surface area contributed by atoms with Gasteiger partial charge in [0.1, 0.15) is 23.1 Å². The van der Waals surface area contributed by atoms with Crippen molar-refractivity contribution in [3.63, 3.8) is 0 Å². The Kier molecular flexibility index (Phi) is 9.81. The molecule has 2 N–H and O–H groups in total. The molecule has 0 radical (unpaired) electrons.